The second kappa shape index (κ2) is 5.53. The summed E-state index contributed by atoms with van der Waals surface area (Å²) >= 11 is 1.08. The van der Waals surface area contributed by atoms with Crippen LogP contribution in [0.1, 0.15) is 27.1 Å². The Morgan fingerprint density at radius 1 is 1.32 bits per heavy atom. The van der Waals surface area contributed by atoms with E-state index in [1.54, 1.807) is 12.4 Å². The van der Waals surface area contributed by atoms with Crippen molar-refractivity contribution in [3.05, 3.63) is 29.3 Å². The maximum absolute atomic E-state index is 11.5. The number of hydrogen-bond acceptors (Lipinski definition) is 8. The normalized spacial score (nSPS) is 10.0. The molecule has 0 aliphatic rings. The van der Waals surface area contributed by atoms with Gasteiger partial charge >= 0.3 is 5.97 Å². The van der Waals surface area contributed by atoms with Gasteiger partial charge in [0.2, 0.25) is 0 Å². The van der Waals surface area contributed by atoms with Gasteiger partial charge in [0.05, 0.1) is 25.2 Å². The van der Waals surface area contributed by atoms with E-state index in [0.717, 1.165) is 11.3 Å². The van der Waals surface area contributed by atoms with Crippen molar-refractivity contribution in [2.24, 2.45) is 0 Å². The van der Waals surface area contributed by atoms with E-state index in [4.69, 9.17) is 0 Å². The molecule has 7 nitrogen and oxygen atoms in total. The molecule has 98 valence electrons. The molecule has 0 saturated carbocycles. The average Bonchev–Trinajstić information content (AvgIpc) is 2.83. The highest BCUT2D eigenvalue weighted by Gasteiger charge is 2.21. The van der Waals surface area contributed by atoms with Gasteiger partial charge in [-0.3, -0.25) is 4.79 Å². The van der Waals surface area contributed by atoms with Crippen LogP contribution in [0, 0.1) is 0 Å². The third-order valence-electron chi connectivity index (χ3n) is 2.14. The maximum atomic E-state index is 11.5. The molecule has 0 atom stereocenters. The number of rotatable bonds is 4. The smallest absolute Gasteiger partial charge is 0.358 e. The van der Waals surface area contributed by atoms with Crippen LogP contribution in [0.5, 0.6) is 0 Å². The number of esters is 1. The SMILES string of the molecule is COC(=O)c1nc(Nc2cncnc2)sc1C(C)=O. The first kappa shape index (κ1) is 13.1. The first-order chi connectivity index (χ1) is 9.11. The summed E-state index contributed by atoms with van der Waals surface area (Å²) in [5.74, 6) is -0.880. The number of carbonyl (C=O) groups is 2. The fourth-order valence-corrected chi connectivity index (χ4v) is 2.20. The number of carbonyl (C=O) groups excluding carboxylic acids is 2. The minimum absolute atomic E-state index is 0.0133. The molecule has 1 N–H and O–H groups in total. The van der Waals surface area contributed by atoms with Crippen molar-refractivity contribution in [2.75, 3.05) is 12.4 Å². The van der Waals surface area contributed by atoms with Crippen molar-refractivity contribution in [3.8, 4) is 0 Å². The summed E-state index contributed by atoms with van der Waals surface area (Å²) in [7, 11) is 1.24. The third kappa shape index (κ3) is 2.91. The highest BCUT2D eigenvalue weighted by Crippen LogP contribution is 2.26. The molecule has 0 aliphatic carbocycles. The second-order valence-electron chi connectivity index (χ2n) is 3.50. The lowest BCUT2D eigenvalue weighted by Gasteiger charge is -1.99. The molecule has 0 aliphatic heterocycles. The number of methoxy groups -OCH3 is 1. The Kier molecular flexibility index (Phi) is 3.81. The Bertz CT molecular complexity index is 612. The van der Waals surface area contributed by atoms with Crippen molar-refractivity contribution in [1.29, 1.82) is 0 Å². The molecule has 8 heteroatoms. The lowest BCUT2D eigenvalue weighted by molar-refractivity contribution is 0.0591. The number of Topliss-reactive ketones (excluding diaryl/α,β-unsaturated/α-hetero) is 1. The van der Waals surface area contributed by atoms with Gasteiger partial charge in [-0.15, -0.1) is 0 Å². The molecule has 0 aromatic carbocycles. The molecule has 0 fully saturated rings. The van der Waals surface area contributed by atoms with E-state index in [9.17, 15) is 9.59 Å². The number of hydrogen-bond donors (Lipinski definition) is 1. The molecule has 0 amide bonds. The van der Waals surface area contributed by atoms with Gasteiger partial charge in [-0.2, -0.15) is 0 Å². The van der Waals surface area contributed by atoms with Gasteiger partial charge in [0.15, 0.2) is 16.6 Å². The number of thiazole rings is 1. The van der Waals surface area contributed by atoms with Crippen LogP contribution in [0.15, 0.2) is 18.7 Å². The molecule has 0 radical (unpaired) electrons. The summed E-state index contributed by atoms with van der Waals surface area (Å²) in [6.07, 6.45) is 4.51. The first-order valence-electron chi connectivity index (χ1n) is 5.24. The van der Waals surface area contributed by atoms with E-state index >= 15 is 0 Å². The first-order valence-corrected chi connectivity index (χ1v) is 6.05. The largest absolute Gasteiger partial charge is 0.464 e. The van der Waals surface area contributed by atoms with Gasteiger partial charge in [0.25, 0.3) is 0 Å². The second-order valence-corrected chi connectivity index (χ2v) is 4.50. The number of ketones is 1. The van der Waals surface area contributed by atoms with Crippen molar-refractivity contribution >= 4 is 33.9 Å². The van der Waals surface area contributed by atoms with E-state index in [1.165, 1.54) is 20.4 Å². The number of anilines is 2. The topological polar surface area (TPSA) is 94.1 Å². The summed E-state index contributed by atoms with van der Waals surface area (Å²) in [4.78, 5) is 35.0. The Morgan fingerprint density at radius 3 is 2.58 bits per heavy atom. The highest BCUT2D eigenvalue weighted by atomic mass is 32.1. The van der Waals surface area contributed by atoms with E-state index in [0.29, 0.717) is 10.8 Å². The molecule has 2 rings (SSSR count). The zero-order valence-corrected chi connectivity index (χ0v) is 11.0. The molecule has 0 saturated heterocycles. The van der Waals surface area contributed by atoms with Gasteiger partial charge in [0.1, 0.15) is 11.2 Å². The summed E-state index contributed by atoms with van der Waals surface area (Å²) in [5.41, 5.74) is 0.627. The van der Waals surface area contributed by atoms with E-state index in [1.807, 2.05) is 0 Å². The summed E-state index contributed by atoms with van der Waals surface area (Å²) in [6.45, 7) is 1.37. The molecule has 2 aromatic heterocycles. The molecular weight excluding hydrogens is 268 g/mol. The lowest BCUT2D eigenvalue weighted by atomic mass is 10.3. The Morgan fingerprint density at radius 2 is 2.00 bits per heavy atom. The van der Waals surface area contributed by atoms with E-state index in [2.05, 4.69) is 25.0 Å². The molecule has 2 heterocycles. The van der Waals surface area contributed by atoms with Crippen LogP contribution in [0.4, 0.5) is 10.8 Å². The predicted molar refractivity (Wildman–Crippen MR) is 68.8 cm³/mol. The lowest BCUT2D eigenvalue weighted by Crippen LogP contribution is -2.07. The molecule has 2 aromatic rings. The zero-order chi connectivity index (χ0) is 13.8. The van der Waals surface area contributed by atoms with Gasteiger partial charge < -0.3 is 10.1 Å². The molecule has 0 unspecified atom stereocenters. The van der Waals surface area contributed by atoms with E-state index in [-0.39, 0.29) is 16.4 Å². The third-order valence-corrected chi connectivity index (χ3v) is 3.21. The molecule has 0 bridgehead atoms. The highest BCUT2D eigenvalue weighted by molar-refractivity contribution is 7.17. The number of aromatic nitrogens is 3. The number of ether oxygens (including phenoxy) is 1. The van der Waals surface area contributed by atoms with Gasteiger partial charge in [0, 0.05) is 6.92 Å². The van der Waals surface area contributed by atoms with Crippen molar-refractivity contribution in [3.63, 3.8) is 0 Å². The fourth-order valence-electron chi connectivity index (χ4n) is 1.33. The van der Waals surface area contributed by atoms with Gasteiger partial charge in [-0.05, 0) is 0 Å². The van der Waals surface area contributed by atoms with Crippen LogP contribution in [0.2, 0.25) is 0 Å². The van der Waals surface area contributed by atoms with Gasteiger partial charge in [-0.1, -0.05) is 11.3 Å². The predicted octanol–water partition coefficient (Wildman–Crippen LogP) is 1.67. The standard InChI is InChI=1S/C11H10N4O3S/c1-6(16)9-8(10(17)18-2)15-11(19-9)14-7-3-12-5-13-4-7/h3-5H,1-2H3,(H,14,15). The monoisotopic (exact) mass is 278 g/mol. The number of nitrogens with one attached hydrogen (secondary N) is 1. The van der Waals surface area contributed by atoms with Crippen molar-refractivity contribution < 1.29 is 14.3 Å². The van der Waals surface area contributed by atoms with E-state index < -0.39 is 5.97 Å². The van der Waals surface area contributed by atoms with Crippen LogP contribution < -0.4 is 5.32 Å². The van der Waals surface area contributed by atoms with Crippen LogP contribution >= 0.6 is 11.3 Å². The Hall–Kier alpha value is -2.35. The molecule has 0 spiro atoms. The van der Waals surface area contributed by atoms with Crippen LogP contribution in [-0.2, 0) is 4.74 Å². The quantitative estimate of drug-likeness (QED) is 0.671. The minimum atomic E-state index is -0.640. The minimum Gasteiger partial charge on any atom is -0.464 e. The van der Waals surface area contributed by atoms with Crippen LogP contribution in [0.3, 0.4) is 0 Å². The zero-order valence-electron chi connectivity index (χ0n) is 10.2. The number of nitrogens with zero attached hydrogens (tertiary/aromatic N) is 3. The maximum Gasteiger partial charge on any atom is 0.358 e. The van der Waals surface area contributed by atoms with Crippen molar-refractivity contribution in [1.82, 2.24) is 15.0 Å². The Balaban J connectivity index is 2.33. The molecule has 19 heavy (non-hydrogen) atoms. The average molecular weight is 278 g/mol. The van der Waals surface area contributed by atoms with Crippen molar-refractivity contribution in [2.45, 2.75) is 6.92 Å². The summed E-state index contributed by atoms with van der Waals surface area (Å²) in [6, 6.07) is 0. The van der Waals surface area contributed by atoms with Crippen LogP contribution in [0.25, 0.3) is 0 Å². The summed E-state index contributed by atoms with van der Waals surface area (Å²) < 4.78 is 4.59. The molecular formula is C11H10N4O3S. The summed E-state index contributed by atoms with van der Waals surface area (Å²) in [5, 5.41) is 3.32. The van der Waals surface area contributed by atoms with Gasteiger partial charge in [-0.25, -0.2) is 19.7 Å². The van der Waals surface area contributed by atoms with Crippen LogP contribution in [-0.4, -0.2) is 33.8 Å². The Labute approximate surface area is 112 Å². The fraction of sp³-hybridized carbons (Fsp3) is 0.182.